The Labute approximate surface area is 158 Å². The number of rotatable bonds is 5. The van der Waals surface area contributed by atoms with Crippen LogP contribution in [0.3, 0.4) is 0 Å². The van der Waals surface area contributed by atoms with Gasteiger partial charge in [-0.2, -0.15) is 0 Å². The van der Waals surface area contributed by atoms with E-state index in [2.05, 4.69) is 10.6 Å². The number of methoxy groups -OCH3 is 1. The lowest BCUT2D eigenvalue weighted by Gasteiger charge is -2.12. The van der Waals surface area contributed by atoms with E-state index < -0.39 is 17.5 Å². The zero-order valence-corrected chi connectivity index (χ0v) is 14.9. The number of para-hydroxylation sites is 1. The predicted molar refractivity (Wildman–Crippen MR) is 104 cm³/mol. The summed E-state index contributed by atoms with van der Waals surface area (Å²) in [5.74, 6) is -1.22. The van der Waals surface area contributed by atoms with Crippen LogP contribution < -0.4 is 15.4 Å². The van der Waals surface area contributed by atoms with Gasteiger partial charge in [-0.25, -0.2) is 8.78 Å². The Balaban J connectivity index is 1.57. The number of hydrogen-bond acceptors (Lipinski definition) is 4. The standard InChI is InChI=1S/C21H16F2N2O3/c1-27-20-9-14-13-4-2-3-5-18(13)28-19(14)10-17(20)25-21(26)11-24-16-8-12(22)6-7-15(16)23/h2-10,24H,11H2,1H3,(H,25,26). The number of benzene rings is 3. The van der Waals surface area contributed by atoms with Gasteiger partial charge in [0, 0.05) is 16.8 Å². The van der Waals surface area contributed by atoms with E-state index >= 15 is 0 Å². The van der Waals surface area contributed by atoms with Gasteiger partial charge in [0.2, 0.25) is 5.91 Å². The third kappa shape index (κ3) is 3.34. The minimum Gasteiger partial charge on any atom is -0.495 e. The first-order valence-corrected chi connectivity index (χ1v) is 8.53. The average molecular weight is 382 g/mol. The summed E-state index contributed by atoms with van der Waals surface area (Å²) in [6, 6.07) is 14.0. The maximum atomic E-state index is 13.6. The van der Waals surface area contributed by atoms with Crippen molar-refractivity contribution in [3.63, 3.8) is 0 Å². The van der Waals surface area contributed by atoms with Crippen molar-refractivity contribution >= 4 is 39.2 Å². The van der Waals surface area contributed by atoms with Crippen LogP contribution in [-0.2, 0) is 4.79 Å². The number of fused-ring (bicyclic) bond motifs is 3. The summed E-state index contributed by atoms with van der Waals surface area (Å²) in [6.45, 7) is -0.248. The molecule has 5 nitrogen and oxygen atoms in total. The Bertz CT molecular complexity index is 1190. The second-order valence-corrected chi connectivity index (χ2v) is 6.17. The number of nitrogens with one attached hydrogen (secondary N) is 2. The van der Waals surface area contributed by atoms with Crippen molar-refractivity contribution in [3.8, 4) is 5.75 Å². The number of carbonyl (C=O) groups excluding carboxylic acids is 1. The fourth-order valence-electron chi connectivity index (χ4n) is 3.02. The van der Waals surface area contributed by atoms with Crippen molar-refractivity contribution in [2.45, 2.75) is 0 Å². The normalized spacial score (nSPS) is 11.0. The van der Waals surface area contributed by atoms with E-state index in [-0.39, 0.29) is 12.2 Å². The van der Waals surface area contributed by atoms with Crippen LogP contribution in [0.2, 0.25) is 0 Å². The quantitative estimate of drug-likeness (QED) is 0.514. The first kappa shape index (κ1) is 17.8. The Morgan fingerprint density at radius 1 is 1.00 bits per heavy atom. The van der Waals surface area contributed by atoms with Gasteiger partial charge in [0.1, 0.15) is 28.5 Å². The van der Waals surface area contributed by atoms with Crippen molar-refractivity contribution in [1.82, 2.24) is 0 Å². The van der Waals surface area contributed by atoms with Gasteiger partial charge in [0.15, 0.2) is 0 Å². The molecule has 0 saturated carbocycles. The predicted octanol–water partition coefficient (Wildman–Crippen LogP) is 4.92. The molecule has 7 heteroatoms. The summed E-state index contributed by atoms with van der Waals surface area (Å²) >= 11 is 0. The average Bonchev–Trinajstić information content (AvgIpc) is 3.05. The largest absolute Gasteiger partial charge is 0.495 e. The SMILES string of the molecule is COc1cc2c(cc1NC(=O)CNc1cc(F)ccc1F)oc1ccccc12. The molecule has 0 aliphatic heterocycles. The Hall–Kier alpha value is -3.61. The van der Waals surface area contributed by atoms with E-state index in [1.54, 1.807) is 12.1 Å². The first-order valence-electron chi connectivity index (χ1n) is 8.53. The van der Waals surface area contributed by atoms with Gasteiger partial charge in [0.05, 0.1) is 25.0 Å². The van der Waals surface area contributed by atoms with Gasteiger partial charge in [-0.15, -0.1) is 0 Å². The lowest BCUT2D eigenvalue weighted by Crippen LogP contribution is -2.22. The molecular formula is C21H16F2N2O3. The minimum atomic E-state index is -0.643. The van der Waals surface area contributed by atoms with Crippen molar-refractivity contribution < 1.29 is 22.7 Å². The molecule has 0 radical (unpaired) electrons. The summed E-state index contributed by atoms with van der Waals surface area (Å²) in [5.41, 5.74) is 1.66. The molecule has 0 aliphatic rings. The van der Waals surface area contributed by atoms with Crippen LogP contribution in [0, 0.1) is 11.6 Å². The number of halogens is 2. The number of furan rings is 1. The van der Waals surface area contributed by atoms with Crippen LogP contribution >= 0.6 is 0 Å². The zero-order chi connectivity index (χ0) is 19.7. The van der Waals surface area contributed by atoms with E-state index in [9.17, 15) is 13.6 Å². The summed E-state index contributed by atoms with van der Waals surface area (Å²) in [7, 11) is 1.50. The summed E-state index contributed by atoms with van der Waals surface area (Å²) in [5, 5.41) is 7.09. The molecule has 0 bridgehead atoms. The molecule has 142 valence electrons. The highest BCUT2D eigenvalue weighted by molar-refractivity contribution is 6.08. The van der Waals surface area contributed by atoms with Crippen molar-refractivity contribution in [2.24, 2.45) is 0 Å². The minimum absolute atomic E-state index is 0.0881. The van der Waals surface area contributed by atoms with E-state index in [0.29, 0.717) is 17.0 Å². The van der Waals surface area contributed by atoms with Gasteiger partial charge in [-0.3, -0.25) is 4.79 Å². The van der Waals surface area contributed by atoms with Crippen LogP contribution in [0.4, 0.5) is 20.2 Å². The number of anilines is 2. The molecule has 1 amide bonds. The van der Waals surface area contributed by atoms with Crippen molar-refractivity contribution in [3.05, 3.63) is 66.2 Å². The highest BCUT2D eigenvalue weighted by Gasteiger charge is 2.14. The highest BCUT2D eigenvalue weighted by atomic mass is 19.1. The molecule has 3 aromatic carbocycles. The summed E-state index contributed by atoms with van der Waals surface area (Å²) in [4.78, 5) is 12.3. The number of ether oxygens (including phenoxy) is 1. The Kier molecular flexibility index (Phi) is 4.57. The number of hydrogen-bond donors (Lipinski definition) is 2. The number of amides is 1. The molecular weight excluding hydrogens is 366 g/mol. The van der Waals surface area contributed by atoms with Gasteiger partial charge in [-0.05, 0) is 30.3 Å². The maximum absolute atomic E-state index is 13.6. The van der Waals surface area contributed by atoms with Crippen LogP contribution in [-0.4, -0.2) is 19.6 Å². The molecule has 4 aromatic rings. The highest BCUT2D eigenvalue weighted by Crippen LogP contribution is 2.36. The van der Waals surface area contributed by atoms with E-state index in [4.69, 9.17) is 9.15 Å². The first-order chi connectivity index (χ1) is 13.5. The topological polar surface area (TPSA) is 63.5 Å². The molecule has 0 aliphatic carbocycles. The molecule has 2 N–H and O–H groups in total. The molecule has 4 rings (SSSR count). The summed E-state index contributed by atoms with van der Waals surface area (Å²) < 4.78 is 38.1. The Morgan fingerprint density at radius 2 is 1.82 bits per heavy atom. The molecule has 1 aromatic heterocycles. The van der Waals surface area contributed by atoms with Crippen LogP contribution in [0.15, 0.2) is 59.0 Å². The zero-order valence-electron chi connectivity index (χ0n) is 14.9. The van der Waals surface area contributed by atoms with Gasteiger partial charge >= 0.3 is 0 Å². The molecule has 0 spiro atoms. The number of carbonyl (C=O) groups is 1. The smallest absolute Gasteiger partial charge is 0.243 e. The van der Waals surface area contributed by atoms with Gasteiger partial charge in [-0.1, -0.05) is 18.2 Å². The molecule has 1 heterocycles. The van der Waals surface area contributed by atoms with Crippen LogP contribution in [0.1, 0.15) is 0 Å². The molecule has 0 unspecified atom stereocenters. The van der Waals surface area contributed by atoms with Crippen molar-refractivity contribution in [2.75, 3.05) is 24.3 Å². The third-order valence-corrected chi connectivity index (χ3v) is 4.34. The van der Waals surface area contributed by atoms with E-state index in [0.717, 1.165) is 34.6 Å². The fourth-order valence-corrected chi connectivity index (χ4v) is 3.02. The summed E-state index contributed by atoms with van der Waals surface area (Å²) in [6.07, 6.45) is 0. The monoisotopic (exact) mass is 382 g/mol. The van der Waals surface area contributed by atoms with E-state index in [1.165, 1.54) is 7.11 Å². The van der Waals surface area contributed by atoms with Gasteiger partial charge < -0.3 is 19.8 Å². The Morgan fingerprint density at radius 3 is 2.64 bits per heavy atom. The fraction of sp³-hybridized carbons (Fsp3) is 0.0952. The third-order valence-electron chi connectivity index (χ3n) is 4.34. The molecule has 28 heavy (non-hydrogen) atoms. The van der Waals surface area contributed by atoms with Gasteiger partial charge in [0.25, 0.3) is 0 Å². The lowest BCUT2D eigenvalue weighted by atomic mass is 10.1. The molecule has 0 atom stereocenters. The van der Waals surface area contributed by atoms with E-state index in [1.807, 2.05) is 24.3 Å². The second-order valence-electron chi connectivity index (χ2n) is 6.17. The van der Waals surface area contributed by atoms with Crippen molar-refractivity contribution in [1.29, 1.82) is 0 Å². The molecule has 0 saturated heterocycles. The maximum Gasteiger partial charge on any atom is 0.243 e. The lowest BCUT2D eigenvalue weighted by molar-refractivity contribution is -0.114. The van der Waals surface area contributed by atoms with Crippen LogP contribution in [0.5, 0.6) is 5.75 Å². The van der Waals surface area contributed by atoms with Crippen LogP contribution in [0.25, 0.3) is 21.9 Å². The molecule has 0 fully saturated rings. The second kappa shape index (κ2) is 7.19.